The van der Waals surface area contributed by atoms with Crippen LogP contribution in [0, 0.1) is 0 Å². The molecule has 0 amide bonds. The lowest BCUT2D eigenvalue weighted by atomic mass is 10.1. The van der Waals surface area contributed by atoms with Crippen LogP contribution in [-0.4, -0.2) is 22.6 Å². The van der Waals surface area contributed by atoms with Gasteiger partial charge in [-0.1, -0.05) is 30.3 Å². The molecular weight excluding hydrogens is 236 g/mol. The average molecular weight is 256 g/mol. The summed E-state index contributed by atoms with van der Waals surface area (Å²) in [5.74, 6) is 1.52. The molecule has 0 aliphatic rings. The molecule has 1 atom stereocenters. The van der Waals surface area contributed by atoms with E-state index in [2.05, 4.69) is 51.8 Å². The molecule has 2 rings (SSSR count). The van der Waals surface area contributed by atoms with Crippen LogP contribution < -0.4 is 10.6 Å². The van der Waals surface area contributed by atoms with Gasteiger partial charge < -0.3 is 10.6 Å². The van der Waals surface area contributed by atoms with Crippen molar-refractivity contribution in [1.29, 1.82) is 0 Å². The zero-order valence-corrected chi connectivity index (χ0v) is 11.4. The summed E-state index contributed by atoms with van der Waals surface area (Å²) in [6, 6.07) is 12.7. The highest BCUT2D eigenvalue weighted by atomic mass is 15.1. The molecule has 0 aliphatic heterocycles. The lowest BCUT2D eigenvalue weighted by Crippen LogP contribution is -2.19. The number of nitrogens with one attached hydrogen (secondary N) is 2. The summed E-state index contributed by atoms with van der Waals surface area (Å²) < 4.78 is 0. The maximum absolute atomic E-state index is 4.41. The van der Waals surface area contributed by atoms with Gasteiger partial charge in [-0.25, -0.2) is 4.98 Å². The van der Waals surface area contributed by atoms with Gasteiger partial charge in [-0.2, -0.15) is 4.98 Å². The molecule has 4 nitrogen and oxygen atoms in total. The molecule has 0 aliphatic carbocycles. The van der Waals surface area contributed by atoms with Crippen LogP contribution in [0.25, 0.3) is 0 Å². The first kappa shape index (κ1) is 13.3. The summed E-state index contributed by atoms with van der Waals surface area (Å²) in [7, 11) is 0. The Morgan fingerprint density at radius 1 is 1.16 bits per heavy atom. The van der Waals surface area contributed by atoms with E-state index in [1.54, 1.807) is 6.20 Å². The van der Waals surface area contributed by atoms with E-state index in [4.69, 9.17) is 0 Å². The molecule has 2 aromatic rings. The standard InChI is InChI=1S/C15H20N4/c1-3-16-15-17-10-9-14(19-15)18-12(2)11-13-7-5-4-6-8-13/h4-10,12H,3,11H2,1-2H3,(H2,16,17,18,19). The van der Waals surface area contributed by atoms with Gasteiger partial charge in [0.1, 0.15) is 5.82 Å². The van der Waals surface area contributed by atoms with Gasteiger partial charge in [0.15, 0.2) is 0 Å². The normalized spacial score (nSPS) is 11.9. The van der Waals surface area contributed by atoms with E-state index in [9.17, 15) is 0 Å². The second-order valence-corrected chi connectivity index (χ2v) is 4.53. The zero-order valence-electron chi connectivity index (χ0n) is 11.4. The summed E-state index contributed by atoms with van der Waals surface area (Å²) in [5.41, 5.74) is 1.32. The van der Waals surface area contributed by atoms with Gasteiger partial charge in [-0.05, 0) is 31.9 Å². The Labute approximate surface area is 114 Å². The summed E-state index contributed by atoms with van der Waals surface area (Å²) in [5, 5.41) is 6.51. The van der Waals surface area contributed by atoms with Crippen molar-refractivity contribution < 1.29 is 0 Å². The van der Waals surface area contributed by atoms with Gasteiger partial charge in [0.2, 0.25) is 5.95 Å². The summed E-state index contributed by atoms with van der Waals surface area (Å²) >= 11 is 0. The zero-order chi connectivity index (χ0) is 13.5. The quantitative estimate of drug-likeness (QED) is 0.834. The molecule has 100 valence electrons. The molecule has 1 unspecified atom stereocenters. The molecule has 0 bridgehead atoms. The Hall–Kier alpha value is -2.10. The van der Waals surface area contributed by atoms with Crippen molar-refractivity contribution in [2.75, 3.05) is 17.2 Å². The minimum Gasteiger partial charge on any atom is -0.367 e. The highest BCUT2D eigenvalue weighted by molar-refractivity contribution is 5.40. The number of aromatic nitrogens is 2. The van der Waals surface area contributed by atoms with Crippen LogP contribution >= 0.6 is 0 Å². The molecule has 1 aromatic carbocycles. The number of nitrogens with zero attached hydrogens (tertiary/aromatic N) is 2. The smallest absolute Gasteiger partial charge is 0.224 e. The minimum absolute atomic E-state index is 0.326. The Balaban J connectivity index is 1.95. The van der Waals surface area contributed by atoms with E-state index in [1.165, 1.54) is 5.56 Å². The summed E-state index contributed by atoms with van der Waals surface area (Å²) in [4.78, 5) is 8.57. The van der Waals surface area contributed by atoms with Crippen LogP contribution in [0.1, 0.15) is 19.4 Å². The highest BCUT2D eigenvalue weighted by Gasteiger charge is 2.05. The maximum Gasteiger partial charge on any atom is 0.224 e. The van der Waals surface area contributed by atoms with Crippen LogP contribution in [0.2, 0.25) is 0 Å². The van der Waals surface area contributed by atoms with Gasteiger partial charge in [-0.15, -0.1) is 0 Å². The van der Waals surface area contributed by atoms with Crippen LogP contribution in [0.3, 0.4) is 0 Å². The Bertz CT molecular complexity index is 499. The van der Waals surface area contributed by atoms with E-state index in [-0.39, 0.29) is 0 Å². The van der Waals surface area contributed by atoms with E-state index in [0.717, 1.165) is 18.8 Å². The third-order valence-corrected chi connectivity index (χ3v) is 2.77. The second-order valence-electron chi connectivity index (χ2n) is 4.53. The number of anilines is 2. The molecular formula is C15H20N4. The lowest BCUT2D eigenvalue weighted by molar-refractivity contribution is 0.784. The monoisotopic (exact) mass is 256 g/mol. The van der Waals surface area contributed by atoms with Crippen LogP contribution in [0.4, 0.5) is 11.8 Å². The van der Waals surface area contributed by atoms with Gasteiger partial charge in [0.05, 0.1) is 0 Å². The third-order valence-electron chi connectivity index (χ3n) is 2.77. The summed E-state index contributed by atoms with van der Waals surface area (Å²) in [6.45, 7) is 5.01. The molecule has 2 N–H and O–H groups in total. The topological polar surface area (TPSA) is 49.8 Å². The lowest BCUT2D eigenvalue weighted by Gasteiger charge is -2.15. The Morgan fingerprint density at radius 2 is 1.95 bits per heavy atom. The second kappa shape index (κ2) is 6.73. The Morgan fingerprint density at radius 3 is 2.68 bits per heavy atom. The average Bonchev–Trinajstić information content (AvgIpc) is 2.40. The molecule has 0 saturated heterocycles. The maximum atomic E-state index is 4.41. The largest absolute Gasteiger partial charge is 0.367 e. The van der Waals surface area contributed by atoms with Gasteiger partial charge in [0, 0.05) is 18.8 Å². The first-order valence-electron chi connectivity index (χ1n) is 6.65. The Kier molecular flexibility index (Phi) is 4.72. The van der Waals surface area contributed by atoms with Crippen molar-refractivity contribution in [2.24, 2.45) is 0 Å². The van der Waals surface area contributed by atoms with E-state index >= 15 is 0 Å². The fourth-order valence-corrected chi connectivity index (χ4v) is 1.95. The van der Waals surface area contributed by atoms with Gasteiger partial charge in [0.25, 0.3) is 0 Å². The van der Waals surface area contributed by atoms with Crippen molar-refractivity contribution in [3.05, 3.63) is 48.2 Å². The molecule has 1 aromatic heterocycles. The van der Waals surface area contributed by atoms with Crippen molar-refractivity contribution in [2.45, 2.75) is 26.3 Å². The van der Waals surface area contributed by atoms with E-state index in [1.807, 2.05) is 19.1 Å². The van der Waals surface area contributed by atoms with Crippen LogP contribution in [0.5, 0.6) is 0 Å². The number of rotatable bonds is 6. The molecule has 0 spiro atoms. The van der Waals surface area contributed by atoms with Crippen molar-refractivity contribution >= 4 is 11.8 Å². The number of hydrogen-bond acceptors (Lipinski definition) is 4. The first-order valence-corrected chi connectivity index (χ1v) is 6.65. The van der Waals surface area contributed by atoms with Gasteiger partial charge >= 0.3 is 0 Å². The SMILES string of the molecule is CCNc1nccc(NC(C)Cc2ccccc2)n1. The minimum atomic E-state index is 0.326. The number of hydrogen-bond donors (Lipinski definition) is 2. The molecule has 0 saturated carbocycles. The van der Waals surface area contributed by atoms with Gasteiger partial charge in [-0.3, -0.25) is 0 Å². The van der Waals surface area contributed by atoms with Crippen molar-refractivity contribution in [3.8, 4) is 0 Å². The molecule has 0 fully saturated rings. The van der Waals surface area contributed by atoms with Crippen LogP contribution in [0.15, 0.2) is 42.6 Å². The predicted octanol–water partition coefficient (Wildman–Crippen LogP) is 2.95. The summed E-state index contributed by atoms with van der Waals surface area (Å²) in [6.07, 6.45) is 2.74. The molecule has 19 heavy (non-hydrogen) atoms. The first-order chi connectivity index (χ1) is 9.28. The highest BCUT2D eigenvalue weighted by Crippen LogP contribution is 2.10. The van der Waals surface area contributed by atoms with E-state index < -0.39 is 0 Å². The molecule has 4 heteroatoms. The fourth-order valence-electron chi connectivity index (χ4n) is 1.95. The van der Waals surface area contributed by atoms with Crippen LogP contribution in [-0.2, 0) is 6.42 Å². The fraction of sp³-hybridized carbons (Fsp3) is 0.333. The molecule has 1 heterocycles. The number of benzene rings is 1. The third kappa shape index (κ3) is 4.25. The van der Waals surface area contributed by atoms with Crippen molar-refractivity contribution in [3.63, 3.8) is 0 Å². The van der Waals surface area contributed by atoms with Crippen molar-refractivity contribution in [1.82, 2.24) is 9.97 Å². The van der Waals surface area contributed by atoms with E-state index in [0.29, 0.717) is 12.0 Å². The molecule has 0 radical (unpaired) electrons. The predicted molar refractivity (Wildman–Crippen MR) is 79.4 cm³/mol.